The van der Waals surface area contributed by atoms with Crippen LogP contribution in [0.1, 0.15) is 17.9 Å². The number of halogens is 3. The molecule has 0 saturated carbocycles. The normalized spacial score (nSPS) is 24.6. The Bertz CT molecular complexity index is 839. The summed E-state index contributed by atoms with van der Waals surface area (Å²) in [6.07, 6.45) is 1.66. The maximum atomic E-state index is 10.6. The number of carboxylic acid groups (broad SMARTS) is 1. The van der Waals surface area contributed by atoms with Crippen molar-refractivity contribution in [3.05, 3.63) is 42.4 Å². The fraction of sp³-hybridized carbons (Fsp3) is 0.600. The molecule has 0 bridgehead atoms. The van der Waals surface area contributed by atoms with Gasteiger partial charge in [-0.05, 0) is 25.5 Å². The quantitative estimate of drug-likeness (QED) is 0.774. The lowest BCUT2D eigenvalue weighted by molar-refractivity contribution is -0.192. The summed E-state index contributed by atoms with van der Waals surface area (Å²) >= 11 is 0. The van der Waals surface area contributed by atoms with Crippen molar-refractivity contribution in [1.82, 2.24) is 14.5 Å². The Hall–Kier alpha value is -2.37. The molecule has 172 valence electrons. The first kappa shape index (κ1) is 23.3. The smallest absolute Gasteiger partial charge is 0.475 e. The zero-order valence-electron chi connectivity index (χ0n) is 17.2. The zero-order chi connectivity index (χ0) is 22.5. The lowest BCUT2D eigenvalue weighted by Gasteiger charge is -2.30. The molecule has 4 rings (SSSR count). The molecule has 2 aromatic heterocycles. The maximum absolute atomic E-state index is 10.6. The molecule has 8 nitrogen and oxygen atoms in total. The fourth-order valence-corrected chi connectivity index (χ4v) is 3.87. The van der Waals surface area contributed by atoms with Crippen LogP contribution in [0.15, 0.2) is 35.3 Å². The molecular weight excluding hydrogens is 419 g/mol. The van der Waals surface area contributed by atoms with E-state index in [1.807, 2.05) is 31.7 Å². The van der Waals surface area contributed by atoms with Gasteiger partial charge in [0.25, 0.3) is 0 Å². The molecule has 2 aliphatic rings. The van der Waals surface area contributed by atoms with Crippen LogP contribution in [0, 0.1) is 12.8 Å². The van der Waals surface area contributed by atoms with E-state index in [1.54, 1.807) is 0 Å². The van der Waals surface area contributed by atoms with E-state index in [2.05, 4.69) is 20.5 Å². The average molecular weight is 445 g/mol. The highest BCUT2D eigenvalue weighted by Gasteiger charge is 2.43. The van der Waals surface area contributed by atoms with Crippen LogP contribution in [0.4, 0.5) is 13.2 Å². The Morgan fingerprint density at radius 2 is 2.16 bits per heavy atom. The molecule has 2 saturated heterocycles. The van der Waals surface area contributed by atoms with E-state index in [-0.39, 0.29) is 5.60 Å². The molecule has 4 heterocycles. The topological polar surface area (TPSA) is 90.0 Å². The number of nitrogens with zero attached hydrogens (tertiary/aromatic N) is 3. The van der Waals surface area contributed by atoms with Gasteiger partial charge in [-0.15, -0.1) is 0 Å². The standard InChI is InChI=1S/C18H25N3O3.C2HF3O2/c1-15-2-3-17(24-15)10-20-6-7-22-13-18(12-20)8-16(11-23-18)9-21-5-4-19-14-21;3-2(4,5)1(6)7/h2-5,14,16H,6-13H2,1H3;(H,6,7). The summed E-state index contributed by atoms with van der Waals surface area (Å²) < 4.78 is 51.7. The van der Waals surface area contributed by atoms with Crippen molar-refractivity contribution < 1.29 is 37.0 Å². The molecule has 0 aromatic carbocycles. The van der Waals surface area contributed by atoms with Crippen LogP contribution in [0.25, 0.3) is 0 Å². The minimum Gasteiger partial charge on any atom is -0.475 e. The van der Waals surface area contributed by atoms with Gasteiger partial charge in [-0.1, -0.05) is 0 Å². The van der Waals surface area contributed by atoms with Gasteiger partial charge in [-0.3, -0.25) is 4.90 Å². The number of carboxylic acids is 1. The monoisotopic (exact) mass is 445 g/mol. The number of rotatable bonds is 4. The predicted octanol–water partition coefficient (Wildman–Crippen LogP) is 2.73. The number of alkyl halides is 3. The minimum absolute atomic E-state index is 0.191. The fourth-order valence-electron chi connectivity index (χ4n) is 3.87. The summed E-state index contributed by atoms with van der Waals surface area (Å²) in [6.45, 7) is 7.78. The largest absolute Gasteiger partial charge is 0.490 e. The van der Waals surface area contributed by atoms with Crippen molar-refractivity contribution in [3.8, 4) is 0 Å². The Morgan fingerprint density at radius 3 is 2.77 bits per heavy atom. The number of carbonyl (C=O) groups is 1. The molecule has 1 spiro atoms. The summed E-state index contributed by atoms with van der Waals surface area (Å²) in [5, 5.41) is 7.12. The van der Waals surface area contributed by atoms with Crippen molar-refractivity contribution in [2.45, 2.75) is 38.2 Å². The molecule has 11 heteroatoms. The molecule has 0 amide bonds. The molecule has 2 atom stereocenters. The number of hydrogen-bond acceptors (Lipinski definition) is 6. The van der Waals surface area contributed by atoms with Crippen molar-refractivity contribution in [2.75, 3.05) is 32.9 Å². The molecule has 1 N–H and O–H groups in total. The van der Waals surface area contributed by atoms with Crippen LogP contribution in [0.3, 0.4) is 0 Å². The van der Waals surface area contributed by atoms with Gasteiger partial charge in [-0.25, -0.2) is 9.78 Å². The molecule has 31 heavy (non-hydrogen) atoms. The Kier molecular flexibility index (Phi) is 7.39. The highest BCUT2D eigenvalue weighted by Crippen LogP contribution is 2.34. The molecular formula is C20H26F3N3O5. The van der Waals surface area contributed by atoms with Crippen LogP contribution in [0.5, 0.6) is 0 Å². The summed E-state index contributed by atoms with van der Waals surface area (Å²) in [6, 6.07) is 4.08. The number of hydrogen-bond donors (Lipinski definition) is 1. The van der Waals surface area contributed by atoms with Gasteiger partial charge in [0.2, 0.25) is 0 Å². The van der Waals surface area contributed by atoms with Crippen LogP contribution in [0.2, 0.25) is 0 Å². The van der Waals surface area contributed by atoms with E-state index < -0.39 is 12.1 Å². The van der Waals surface area contributed by atoms with Gasteiger partial charge in [0.05, 0.1) is 32.7 Å². The molecule has 2 fully saturated rings. The third-order valence-electron chi connectivity index (χ3n) is 5.16. The SMILES string of the molecule is Cc1ccc(CN2CCOCC3(CC(Cn4ccnc4)CO3)C2)o1.O=C(O)C(F)(F)F. The van der Waals surface area contributed by atoms with Gasteiger partial charge in [0, 0.05) is 37.9 Å². The predicted molar refractivity (Wildman–Crippen MR) is 102 cm³/mol. The second-order valence-corrected chi connectivity index (χ2v) is 7.90. The van der Waals surface area contributed by atoms with Gasteiger partial charge in [-0.2, -0.15) is 13.2 Å². The minimum atomic E-state index is -5.08. The van der Waals surface area contributed by atoms with E-state index in [9.17, 15) is 13.2 Å². The number of ether oxygens (including phenoxy) is 2. The van der Waals surface area contributed by atoms with E-state index in [4.69, 9.17) is 23.8 Å². The maximum Gasteiger partial charge on any atom is 0.490 e. The highest BCUT2D eigenvalue weighted by molar-refractivity contribution is 5.73. The summed E-state index contributed by atoms with van der Waals surface area (Å²) in [5.74, 6) is -0.276. The third-order valence-corrected chi connectivity index (χ3v) is 5.16. The van der Waals surface area contributed by atoms with Gasteiger partial charge in [0.1, 0.15) is 17.1 Å². The van der Waals surface area contributed by atoms with Crippen LogP contribution in [-0.2, 0) is 27.4 Å². The Labute approximate surface area is 177 Å². The van der Waals surface area contributed by atoms with Crippen LogP contribution < -0.4 is 0 Å². The number of aliphatic carboxylic acids is 1. The second-order valence-electron chi connectivity index (χ2n) is 7.90. The first-order chi connectivity index (χ1) is 14.7. The summed E-state index contributed by atoms with van der Waals surface area (Å²) in [7, 11) is 0. The van der Waals surface area contributed by atoms with E-state index >= 15 is 0 Å². The zero-order valence-corrected chi connectivity index (χ0v) is 17.2. The molecule has 2 aliphatic heterocycles. The summed E-state index contributed by atoms with van der Waals surface area (Å²) in [5.41, 5.74) is -0.191. The van der Waals surface area contributed by atoms with Crippen molar-refractivity contribution in [2.24, 2.45) is 5.92 Å². The Balaban J connectivity index is 0.000000339. The van der Waals surface area contributed by atoms with Crippen molar-refractivity contribution in [1.29, 1.82) is 0 Å². The summed E-state index contributed by atoms with van der Waals surface area (Å²) in [4.78, 5) is 15.4. The number of aromatic nitrogens is 2. The van der Waals surface area contributed by atoms with E-state index in [1.165, 1.54) is 0 Å². The van der Waals surface area contributed by atoms with Crippen molar-refractivity contribution in [3.63, 3.8) is 0 Å². The van der Waals surface area contributed by atoms with Crippen LogP contribution in [-0.4, -0.2) is 70.2 Å². The number of imidazole rings is 1. The number of furan rings is 1. The Morgan fingerprint density at radius 1 is 1.39 bits per heavy atom. The molecule has 2 aromatic rings. The highest BCUT2D eigenvalue weighted by atomic mass is 19.4. The van der Waals surface area contributed by atoms with Gasteiger partial charge < -0.3 is 23.6 Å². The first-order valence-electron chi connectivity index (χ1n) is 9.90. The van der Waals surface area contributed by atoms with E-state index in [0.29, 0.717) is 12.5 Å². The van der Waals surface area contributed by atoms with Crippen LogP contribution >= 0.6 is 0 Å². The molecule has 0 radical (unpaired) electrons. The lowest BCUT2D eigenvalue weighted by atomic mass is 9.94. The van der Waals surface area contributed by atoms with Gasteiger partial charge in [0.15, 0.2) is 0 Å². The number of aryl methyl sites for hydroxylation is 1. The second kappa shape index (κ2) is 9.84. The van der Waals surface area contributed by atoms with E-state index in [0.717, 1.165) is 57.3 Å². The molecule has 2 unspecified atom stereocenters. The average Bonchev–Trinajstić information content (AvgIpc) is 3.39. The molecule has 0 aliphatic carbocycles. The van der Waals surface area contributed by atoms with Gasteiger partial charge >= 0.3 is 12.1 Å². The first-order valence-corrected chi connectivity index (χ1v) is 9.90. The third kappa shape index (κ3) is 6.81. The lowest BCUT2D eigenvalue weighted by Crippen LogP contribution is -2.43. The van der Waals surface area contributed by atoms with Crippen molar-refractivity contribution >= 4 is 5.97 Å².